The third-order valence-electron chi connectivity index (χ3n) is 4.25. The molecule has 3 heterocycles. The SMILES string of the molecule is CNc1cc(C)nc(C2CCN(Cc3cncn3C)C2)c1. The van der Waals surface area contributed by atoms with Crippen LogP contribution in [0.15, 0.2) is 24.7 Å². The van der Waals surface area contributed by atoms with Gasteiger partial charge < -0.3 is 9.88 Å². The molecule has 5 heteroatoms. The van der Waals surface area contributed by atoms with Crippen LogP contribution in [0.25, 0.3) is 0 Å². The van der Waals surface area contributed by atoms with Gasteiger partial charge in [0.2, 0.25) is 0 Å². The molecule has 0 amide bonds. The minimum Gasteiger partial charge on any atom is -0.388 e. The standard InChI is InChI=1S/C16H23N5/c1-12-6-14(17-2)7-16(19-12)13-4-5-21(9-13)10-15-8-18-11-20(15)3/h6-8,11,13H,4-5,9-10H2,1-3H3,(H,17,19). The van der Waals surface area contributed by atoms with Crippen LogP contribution in [0.5, 0.6) is 0 Å². The highest BCUT2D eigenvalue weighted by atomic mass is 15.2. The minimum absolute atomic E-state index is 0.533. The van der Waals surface area contributed by atoms with E-state index < -0.39 is 0 Å². The Balaban J connectivity index is 1.69. The van der Waals surface area contributed by atoms with E-state index in [0.717, 1.165) is 31.0 Å². The summed E-state index contributed by atoms with van der Waals surface area (Å²) < 4.78 is 2.09. The van der Waals surface area contributed by atoms with Crippen molar-refractivity contribution >= 4 is 5.69 Å². The van der Waals surface area contributed by atoms with Gasteiger partial charge in [0.05, 0.1) is 12.0 Å². The summed E-state index contributed by atoms with van der Waals surface area (Å²) in [7, 11) is 4.01. The Bertz CT molecular complexity index is 619. The van der Waals surface area contributed by atoms with E-state index in [1.165, 1.54) is 17.8 Å². The lowest BCUT2D eigenvalue weighted by Crippen LogP contribution is -2.21. The molecule has 1 atom stereocenters. The molecule has 0 saturated carbocycles. The van der Waals surface area contributed by atoms with Gasteiger partial charge in [-0.2, -0.15) is 0 Å². The van der Waals surface area contributed by atoms with Gasteiger partial charge in [-0.05, 0) is 32.0 Å². The van der Waals surface area contributed by atoms with Gasteiger partial charge in [0.1, 0.15) is 0 Å². The molecule has 2 aromatic rings. The van der Waals surface area contributed by atoms with Gasteiger partial charge in [-0.3, -0.25) is 9.88 Å². The third-order valence-corrected chi connectivity index (χ3v) is 4.25. The first kappa shape index (κ1) is 14.1. The lowest BCUT2D eigenvalue weighted by molar-refractivity contribution is 0.318. The number of pyridine rings is 1. The normalized spacial score (nSPS) is 19.1. The Morgan fingerprint density at radius 3 is 2.95 bits per heavy atom. The van der Waals surface area contributed by atoms with E-state index in [9.17, 15) is 0 Å². The van der Waals surface area contributed by atoms with Crippen molar-refractivity contribution in [3.8, 4) is 0 Å². The second kappa shape index (κ2) is 5.85. The topological polar surface area (TPSA) is 46.0 Å². The molecule has 3 rings (SSSR count). The number of hydrogen-bond donors (Lipinski definition) is 1. The van der Waals surface area contributed by atoms with Gasteiger partial charge in [0.15, 0.2) is 0 Å². The number of likely N-dealkylation sites (tertiary alicyclic amines) is 1. The van der Waals surface area contributed by atoms with Gasteiger partial charge in [-0.1, -0.05) is 0 Å². The van der Waals surface area contributed by atoms with Crippen LogP contribution in [0.4, 0.5) is 5.69 Å². The molecule has 2 aromatic heterocycles. The minimum atomic E-state index is 0.533. The molecule has 0 spiro atoms. The van der Waals surface area contributed by atoms with Gasteiger partial charge in [0.25, 0.3) is 0 Å². The first-order valence-electron chi connectivity index (χ1n) is 7.49. The van der Waals surface area contributed by atoms with E-state index in [4.69, 9.17) is 4.98 Å². The number of nitrogens with zero attached hydrogens (tertiary/aromatic N) is 4. The molecule has 21 heavy (non-hydrogen) atoms. The summed E-state index contributed by atoms with van der Waals surface area (Å²) in [5.41, 5.74) is 4.72. The van der Waals surface area contributed by atoms with Crippen LogP contribution in [0.1, 0.15) is 29.4 Å². The number of imidazole rings is 1. The van der Waals surface area contributed by atoms with Crippen molar-refractivity contribution in [2.75, 3.05) is 25.5 Å². The molecule has 0 aromatic carbocycles. The fourth-order valence-corrected chi connectivity index (χ4v) is 3.03. The highest BCUT2D eigenvalue weighted by Gasteiger charge is 2.25. The fraction of sp³-hybridized carbons (Fsp3) is 0.500. The van der Waals surface area contributed by atoms with Gasteiger partial charge in [0, 0.05) is 56.4 Å². The fourth-order valence-electron chi connectivity index (χ4n) is 3.03. The molecule has 0 aliphatic carbocycles. The highest BCUT2D eigenvalue weighted by Crippen LogP contribution is 2.28. The Kier molecular flexibility index (Phi) is 3.92. The summed E-state index contributed by atoms with van der Waals surface area (Å²) in [4.78, 5) is 11.4. The Labute approximate surface area is 126 Å². The van der Waals surface area contributed by atoms with E-state index in [1.807, 2.05) is 19.6 Å². The zero-order valence-electron chi connectivity index (χ0n) is 13.0. The molecule has 1 aliphatic heterocycles. The molecule has 1 N–H and O–H groups in total. The van der Waals surface area contributed by atoms with Crippen LogP contribution in [-0.4, -0.2) is 39.6 Å². The molecular formula is C16H23N5. The van der Waals surface area contributed by atoms with Gasteiger partial charge >= 0.3 is 0 Å². The van der Waals surface area contributed by atoms with E-state index in [1.54, 1.807) is 0 Å². The van der Waals surface area contributed by atoms with Crippen molar-refractivity contribution in [1.29, 1.82) is 0 Å². The number of anilines is 1. The maximum absolute atomic E-state index is 4.73. The largest absolute Gasteiger partial charge is 0.388 e. The molecule has 1 saturated heterocycles. The molecule has 1 fully saturated rings. The van der Waals surface area contributed by atoms with Crippen molar-refractivity contribution < 1.29 is 0 Å². The summed E-state index contributed by atoms with van der Waals surface area (Å²) >= 11 is 0. The molecule has 0 bridgehead atoms. The Morgan fingerprint density at radius 1 is 1.38 bits per heavy atom. The van der Waals surface area contributed by atoms with Crippen molar-refractivity contribution in [2.45, 2.75) is 25.8 Å². The summed E-state index contributed by atoms with van der Waals surface area (Å²) in [6, 6.07) is 4.27. The van der Waals surface area contributed by atoms with E-state index in [2.05, 4.69) is 45.9 Å². The second-order valence-corrected chi connectivity index (χ2v) is 5.89. The molecule has 1 unspecified atom stereocenters. The smallest absolute Gasteiger partial charge is 0.0945 e. The number of aromatic nitrogens is 3. The van der Waals surface area contributed by atoms with Crippen molar-refractivity contribution in [3.63, 3.8) is 0 Å². The maximum atomic E-state index is 4.73. The Morgan fingerprint density at radius 2 is 2.24 bits per heavy atom. The summed E-state index contributed by atoms with van der Waals surface area (Å²) in [5, 5.41) is 3.22. The maximum Gasteiger partial charge on any atom is 0.0945 e. The van der Waals surface area contributed by atoms with Crippen LogP contribution in [0.2, 0.25) is 0 Å². The number of nitrogens with one attached hydrogen (secondary N) is 1. The lowest BCUT2D eigenvalue weighted by Gasteiger charge is -2.16. The molecule has 5 nitrogen and oxygen atoms in total. The van der Waals surface area contributed by atoms with Gasteiger partial charge in [-0.15, -0.1) is 0 Å². The first-order chi connectivity index (χ1) is 10.2. The van der Waals surface area contributed by atoms with E-state index in [-0.39, 0.29) is 0 Å². The van der Waals surface area contributed by atoms with E-state index >= 15 is 0 Å². The summed E-state index contributed by atoms with van der Waals surface area (Å²) in [6.45, 7) is 5.23. The second-order valence-electron chi connectivity index (χ2n) is 5.89. The summed E-state index contributed by atoms with van der Waals surface area (Å²) in [6.07, 6.45) is 5.00. The number of aryl methyl sites for hydroxylation is 2. The number of hydrogen-bond acceptors (Lipinski definition) is 4. The van der Waals surface area contributed by atoms with Gasteiger partial charge in [-0.25, -0.2) is 4.98 Å². The Hall–Kier alpha value is -1.88. The monoisotopic (exact) mass is 285 g/mol. The van der Waals surface area contributed by atoms with Crippen LogP contribution in [0, 0.1) is 6.92 Å². The third kappa shape index (κ3) is 3.08. The highest BCUT2D eigenvalue weighted by molar-refractivity contribution is 5.45. The van der Waals surface area contributed by atoms with Crippen LogP contribution >= 0.6 is 0 Å². The van der Waals surface area contributed by atoms with Crippen molar-refractivity contribution in [2.24, 2.45) is 7.05 Å². The zero-order chi connectivity index (χ0) is 14.8. The van der Waals surface area contributed by atoms with Crippen molar-refractivity contribution in [3.05, 3.63) is 41.7 Å². The van der Waals surface area contributed by atoms with E-state index in [0.29, 0.717) is 5.92 Å². The number of rotatable bonds is 4. The molecular weight excluding hydrogens is 262 g/mol. The predicted molar refractivity (Wildman–Crippen MR) is 84.4 cm³/mol. The molecule has 0 radical (unpaired) electrons. The quantitative estimate of drug-likeness (QED) is 0.935. The van der Waals surface area contributed by atoms with Crippen molar-refractivity contribution in [1.82, 2.24) is 19.4 Å². The average Bonchev–Trinajstić information content (AvgIpc) is 3.09. The van der Waals surface area contributed by atoms with Crippen LogP contribution < -0.4 is 5.32 Å². The zero-order valence-corrected chi connectivity index (χ0v) is 13.0. The molecule has 1 aliphatic rings. The average molecular weight is 285 g/mol. The predicted octanol–water partition coefficient (Wildman–Crippen LogP) is 2.15. The van der Waals surface area contributed by atoms with Crippen LogP contribution in [-0.2, 0) is 13.6 Å². The van der Waals surface area contributed by atoms with Crippen LogP contribution in [0.3, 0.4) is 0 Å². The summed E-state index contributed by atoms with van der Waals surface area (Å²) in [5.74, 6) is 0.533. The first-order valence-corrected chi connectivity index (χ1v) is 7.49. The molecule has 112 valence electrons. The lowest BCUT2D eigenvalue weighted by atomic mass is 10.0.